The smallest absolute Gasteiger partial charge is 0.339 e. The summed E-state index contributed by atoms with van der Waals surface area (Å²) in [4.78, 5) is 13.5. The molecule has 2 N–H and O–H groups in total. The number of carbonyl (C=O) groups excluding carboxylic acids is 1. The number of rotatable bonds is 12. The molecule has 0 aromatic heterocycles. The summed E-state index contributed by atoms with van der Waals surface area (Å²) < 4.78 is 39.4. The third-order valence-electron chi connectivity index (χ3n) is 6.46. The third kappa shape index (κ3) is 6.52. The molecule has 0 aliphatic heterocycles. The third-order valence-corrected chi connectivity index (χ3v) is 8.40. The lowest BCUT2D eigenvalue weighted by atomic mass is 9.91. The Hall–Kier alpha value is -3.32. The second-order valence-corrected chi connectivity index (χ2v) is 11.1. The van der Waals surface area contributed by atoms with E-state index < -0.39 is 15.8 Å². The number of esters is 1. The van der Waals surface area contributed by atoms with E-state index in [1.54, 1.807) is 19.1 Å². The van der Waals surface area contributed by atoms with Crippen LogP contribution >= 0.6 is 0 Å². The Morgan fingerprint density at radius 2 is 1.49 bits per heavy atom. The minimum Gasteiger partial charge on any atom is -0.494 e. The van der Waals surface area contributed by atoms with Crippen LogP contribution in [-0.2, 0) is 21.0 Å². The fraction of sp³-hybridized carbons (Fsp3) is 0.367. The molecule has 0 saturated heterocycles. The predicted molar refractivity (Wildman–Crippen MR) is 147 cm³/mol. The number of benzene rings is 3. The molecule has 3 rings (SSSR count). The van der Waals surface area contributed by atoms with Crippen LogP contribution in [0.4, 0.5) is 5.69 Å². The zero-order valence-electron chi connectivity index (χ0n) is 22.2. The van der Waals surface area contributed by atoms with Gasteiger partial charge in [-0.2, -0.15) is 0 Å². The van der Waals surface area contributed by atoms with Gasteiger partial charge in [0.2, 0.25) is 9.84 Å². The molecule has 0 saturated carbocycles. The fourth-order valence-corrected chi connectivity index (χ4v) is 5.92. The van der Waals surface area contributed by atoms with Crippen molar-refractivity contribution in [3.05, 3.63) is 82.4 Å². The topological polar surface area (TPSA) is 95.7 Å². The van der Waals surface area contributed by atoms with Crippen LogP contribution in [0.1, 0.15) is 72.1 Å². The molecule has 0 aliphatic rings. The largest absolute Gasteiger partial charge is 0.494 e. The number of anilines is 1. The number of nitrogen functional groups attached to an aromatic ring is 1. The van der Waals surface area contributed by atoms with Crippen molar-refractivity contribution in [2.75, 3.05) is 18.9 Å². The van der Waals surface area contributed by atoms with Crippen molar-refractivity contribution in [1.29, 1.82) is 0 Å². The van der Waals surface area contributed by atoms with Gasteiger partial charge in [0.1, 0.15) is 5.75 Å². The summed E-state index contributed by atoms with van der Waals surface area (Å²) in [6, 6.07) is 15.9. The minimum atomic E-state index is -4.11. The maximum atomic E-state index is 14.0. The highest BCUT2D eigenvalue weighted by molar-refractivity contribution is 7.91. The number of unbranched alkanes of at least 4 members (excludes halogenated alkanes) is 2. The highest BCUT2D eigenvalue weighted by atomic mass is 32.2. The molecule has 7 heteroatoms. The molecule has 0 fully saturated rings. The Bertz CT molecular complexity index is 1320. The van der Waals surface area contributed by atoms with Gasteiger partial charge in [-0.3, -0.25) is 0 Å². The van der Waals surface area contributed by atoms with E-state index in [9.17, 15) is 13.2 Å². The molecular formula is C30H37NO5S. The number of sulfone groups is 1. The van der Waals surface area contributed by atoms with Gasteiger partial charge in [-0.1, -0.05) is 57.0 Å². The summed E-state index contributed by atoms with van der Waals surface area (Å²) in [5.74, 6) is -0.0554. The fourth-order valence-electron chi connectivity index (χ4n) is 4.20. The Morgan fingerprint density at radius 1 is 0.865 bits per heavy atom. The van der Waals surface area contributed by atoms with Crippen molar-refractivity contribution in [3.8, 4) is 5.75 Å². The maximum absolute atomic E-state index is 14.0. The van der Waals surface area contributed by atoms with Crippen LogP contribution in [0.5, 0.6) is 5.75 Å². The van der Waals surface area contributed by atoms with E-state index >= 15 is 0 Å². The standard InChI is InChI=1S/C30H37NO5S/c1-5-7-18-35-24-14-16-25(17-15-24)37(33,34)29-22(4)28(31)21(3)26(20-23-12-10-9-11-13-23)27(29)30(32)36-19-8-6-2/h9-17H,5-8,18-20,31H2,1-4H3. The van der Waals surface area contributed by atoms with Gasteiger partial charge in [-0.05, 0) is 79.6 Å². The molecule has 0 bridgehead atoms. The molecule has 0 spiro atoms. The SMILES string of the molecule is CCCCOC(=O)c1c(Cc2ccccc2)c(C)c(N)c(C)c1S(=O)(=O)c1ccc(OCCCC)cc1. The molecule has 3 aromatic carbocycles. The van der Waals surface area contributed by atoms with Crippen molar-refractivity contribution in [2.45, 2.75) is 69.6 Å². The molecule has 3 aromatic rings. The summed E-state index contributed by atoms with van der Waals surface area (Å²) in [6.07, 6.45) is 3.80. The van der Waals surface area contributed by atoms with Crippen LogP contribution in [0.25, 0.3) is 0 Å². The molecule has 37 heavy (non-hydrogen) atoms. The van der Waals surface area contributed by atoms with Gasteiger partial charge in [-0.15, -0.1) is 0 Å². The lowest BCUT2D eigenvalue weighted by Crippen LogP contribution is -2.20. The average Bonchev–Trinajstić information content (AvgIpc) is 2.89. The normalized spacial score (nSPS) is 11.4. The Kier molecular flexibility index (Phi) is 9.75. The van der Waals surface area contributed by atoms with Gasteiger partial charge in [0.05, 0.1) is 28.6 Å². The first-order chi connectivity index (χ1) is 17.7. The lowest BCUT2D eigenvalue weighted by Gasteiger charge is -2.22. The minimum absolute atomic E-state index is 0.0624. The number of nitrogens with two attached hydrogens (primary N) is 1. The predicted octanol–water partition coefficient (Wildman–Crippen LogP) is 6.45. The Morgan fingerprint density at radius 3 is 2.11 bits per heavy atom. The zero-order chi connectivity index (χ0) is 27.0. The first kappa shape index (κ1) is 28.3. The van der Waals surface area contributed by atoms with Crippen LogP contribution in [0.2, 0.25) is 0 Å². The lowest BCUT2D eigenvalue weighted by molar-refractivity contribution is 0.0493. The van der Waals surface area contributed by atoms with E-state index in [0.29, 0.717) is 47.6 Å². The van der Waals surface area contributed by atoms with Crippen LogP contribution in [0.3, 0.4) is 0 Å². The van der Waals surface area contributed by atoms with E-state index in [2.05, 4.69) is 6.92 Å². The number of ether oxygens (including phenoxy) is 2. The first-order valence-corrected chi connectivity index (χ1v) is 14.3. The quantitative estimate of drug-likeness (QED) is 0.167. The van der Waals surface area contributed by atoms with Crippen LogP contribution < -0.4 is 10.5 Å². The average molecular weight is 524 g/mol. The molecule has 0 radical (unpaired) electrons. The van der Waals surface area contributed by atoms with Gasteiger partial charge in [0.25, 0.3) is 0 Å². The van der Waals surface area contributed by atoms with Crippen molar-refractivity contribution < 1.29 is 22.7 Å². The van der Waals surface area contributed by atoms with Crippen molar-refractivity contribution in [2.24, 2.45) is 0 Å². The number of hydrogen-bond acceptors (Lipinski definition) is 6. The van der Waals surface area contributed by atoms with Crippen molar-refractivity contribution in [1.82, 2.24) is 0 Å². The second-order valence-electron chi connectivity index (χ2n) is 9.18. The van der Waals surface area contributed by atoms with Crippen molar-refractivity contribution >= 4 is 21.5 Å². The molecule has 198 valence electrons. The van der Waals surface area contributed by atoms with E-state index in [4.69, 9.17) is 15.2 Å². The Labute approximate surface area is 220 Å². The summed E-state index contributed by atoms with van der Waals surface area (Å²) in [6.45, 7) is 8.32. The molecule has 0 heterocycles. The summed E-state index contributed by atoms with van der Waals surface area (Å²) in [5, 5.41) is 0. The van der Waals surface area contributed by atoms with E-state index in [1.807, 2.05) is 44.2 Å². The Balaban J connectivity index is 2.18. The van der Waals surface area contributed by atoms with Gasteiger partial charge in [0.15, 0.2) is 0 Å². The van der Waals surface area contributed by atoms with Crippen LogP contribution in [-0.4, -0.2) is 27.6 Å². The summed E-state index contributed by atoms with van der Waals surface area (Å²) in [5.41, 5.74) is 9.41. The molecule has 0 atom stereocenters. The van der Waals surface area contributed by atoms with Crippen LogP contribution in [0, 0.1) is 13.8 Å². The molecule has 0 aliphatic carbocycles. The summed E-state index contributed by atoms with van der Waals surface area (Å²) in [7, 11) is -4.11. The summed E-state index contributed by atoms with van der Waals surface area (Å²) >= 11 is 0. The molecular weight excluding hydrogens is 486 g/mol. The number of hydrogen-bond donors (Lipinski definition) is 1. The highest BCUT2D eigenvalue weighted by Crippen LogP contribution is 2.37. The molecule has 0 amide bonds. The number of carbonyl (C=O) groups is 1. The van der Waals surface area contributed by atoms with Crippen molar-refractivity contribution in [3.63, 3.8) is 0 Å². The van der Waals surface area contributed by atoms with Gasteiger partial charge in [-0.25, -0.2) is 13.2 Å². The van der Waals surface area contributed by atoms with E-state index in [0.717, 1.165) is 24.8 Å². The second kappa shape index (κ2) is 12.8. The van der Waals surface area contributed by atoms with E-state index in [1.165, 1.54) is 12.1 Å². The van der Waals surface area contributed by atoms with Gasteiger partial charge >= 0.3 is 5.97 Å². The zero-order valence-corrected chi connectivity index (χ0v) is 23.0. The first-order valence-electron chi connectivity index (χ1n) is 12.8. The monoisotopic (exact) mass is 523 g/mol. The van der Waals surface area contributed by atoms with E-state index in [-0.39, 0.29) is 22.0 Å². The maximum Gasteiger partial charge on any atom is 0.339 e. The van der Waals surface area contributed by atoms with Gasteiger partial charge < -0.3 is 15.2 Å². The highest BCUT2D eigenvalue weighted by Gasteiger charge is 2.33. The van der Waals surface area contributed by atoms with Crippen LogP contribution in [0.15, 0.2) is 64.4 Å². The van der Waals surface area contributed by atoms with Gasteiger partial charge in [0, 0.05) is 5.69 Å². The molecule has 6 nitrogen and oxygen atoms in total. The molecule has 0 unspecified atom stereocenters.